The molecule has 0 saturated heterocycles. The first-order valence-electron chi connectivity index (χ1n) is 7.25. The van der Waals surface area contributed by atoms with Gasteiger partial charge in [-0.3, -0.25) is 4.79 Å². The molecule has 1 aromatic heterocycles. The van der Waals surface area contributed by atoms with Crippen LogP contribution in [0.2, 0.25) is 0 Å². The third-order valence-electron chi connectivity index (χ3n) is 3.83. The lowest BCUT2D eigenvalue weighted by Gasteiger charge is -2.09. The van der Waals surface area contributed by atoms with Crippen LogP contribution < -0.4 is 5.32 Å². The Morgan fingerprint density at radius 1 is 1.46 bits per heavy atom. The second-order valence-electron chi connectivity index (χ2n) is 5.63. The minimum Gasteiger partial charge on any atom is -0.382 e. The molecular weight excluding hydrogens is 325 g/mol. The van der Waals surface area contributed by atoms with Crippen molar-refractivity contribution >= 4 is 22.7 Å². The molecule has 1 aliphatic heterocycles. The molecule has 24 heavy (non-hydrogen) atoms. The molecule has 0 aliphatic carbocycles. The molecule has 2 heterocycles. The van der Waals surface area contributed by atoms with Crippen LogP contribution in [0.3, 0.4) is 0 Å². The van der Waals surface area contributed by atoms with E-state index in [1.807, 2.05) is 0 Å². The van der Waals surface area contributed by atoms with Crippen LogP contribution in [0.4, 0.5) is 13.2 Å². The van der Waals surface area contributed by atoms with Gasteiger partial charge in [-0.2, -0.15) is 13.2 Å². The summed E-state index contributed by atoms with van der Waals surface area (Å²) in [5.74, 6) is 0.118. The van der Waals surface area contributed by atoms with Crippen molar-refractivity contribution in [3.05, 3.63) is 29.6 Å². The Labute approximate surface area is 135 Å². The lowest BCUT2D eigenvalue weighted by atomic mass is 10.2. The molecule has 1 aliphatic rings. The summed E-state index contributed by atoms with van der Waals surface area (Å²) >= 11 is 0. The summed E-state index contributed by atoms with van der Waals surface area (Å²) in [6, 6.07) is 3.38. The summed E-state index contributed by atoms with van der Waals surface area (Å²) in [7, 11) is 1.68. The van der Waals surface area contributed by atoms with Crippen molar-refractivity contribution in [1.29, 1.82) is 0 Å². The van der Waals surface area contributed by atoms with E-state index in [0.29, 0.717) is 17.8 Å². The Balaban J connectivity index is 1.75. The van der Waals surface area contributed by atoms with Gasteiger partial charge in [0.1, 0.15) is 5.82 Å². The van der Waals surface area contributed by atoms with Crippen molar-refractivity contribution in [3.8, 4) is 0 Å². The minimum absolute atomic E-state index is 0.0876. The van der Waals surface area contributed by atoms with Crippen LogP contribution in [-0.2, 0) is 29.4 Å². The summed E-state index contributed by atoms with van der Waals surface area (Å²) in [6.45, 7) is 1.85. The highest BCUT2D eigenvalue weighted by molar-refractivity contribution is 5.91. The Bertz CT molecular complexity index is 826. The lowest BCUT2D eigenvalue weighted by Crippen LogP contribution is -2.34. The molecule has 3 rings (SSSR count). The maximum atomic E-state index is 12.8. The van der Waals surface area contributed by atoms with Gasteiger partial charge in [0.2, 0.25) is 6.10 Å². The Kier molecular flexibility index (Phi) is 3.94. The lowest BCUT2D eigenvalue weighted by molar-refractivity contribution is -0.137. The fourth-order valence-corrected chi connectivity index (χ4v) is 2.50. The van der Waals surface area contributed by atoms with E-state index in [4.69, 9.17) is 4.84 Å². The van der Waals surface area contributed by atoms with Crippen LogP contribution in [-0.4, -0.2) is 27.3 Å². The molecule has 1 aromatic carbocycles. The first-order valence-corrected chi connectivity index (χ1v) is 7.25. The van der Waals surface area contributed by atoms with Crippen molar-refractivity contribution in [1.82, 2.24) is 14.9 Å². The second-order valence-corrected chi connectivity index (χ2v) is 5.63. The van der Waals surface area contributed by atoms with Gasteiger partial charge in [-0.15, -0.1) is 0 Å². The largest absolute Gasteiger partial charge is 0.416 e. The standard InChI is InChI=1S/C15H15F3N4O2/c1-8-5-12(24-21-8)14(23)19-7-13-20-10-6-9(15(16,17)18)3-4-11(10)22(13)2/h3-4,6,12H,5,7H2,1-2H3,(H,19,23). The van der Waals surface area contributed by atoms with Crippen molar-refractivity contribution in [2.75, 3.05) is 0 Å². The summed E-state index contributed by atoms with van der Waals surface area (Å²) in [6.07, 6.45) is -4.67. The first-order chi connectivity index (χ1) is 11.3. The molecule has 0 fully saturated rings. The van der Waals surface area contributed by atoms with E-state index in [0.717, 1.165) is 17.8 Å². The van der Waals surface area contributed by atoms with E-state index in [1.165, 1.54) is 6.07 Å². The zero-order valence-corrected chi connectivity index (χ0v) is 13.0. The zero-order chi connectivity index (χ0) is 17.5. The van der Waals surface area contributed by atoms with Crippen molar-refractivity contribution in [2.45, 2.75) is 32.2 Å². The molecule has 0 saturated carbocycles. The number of oxime groups is 1. The molecule has 0 bridgehead atoms. The number of carbonyl (C=O) groups excluding carboxylic acids is 1. The Morgan fingerprint density at radius 2 is 2.21 bits per heavy atom. The fraction of sp³-hybridized carbons (Fsp3) is 0.400. The predicted molar refractivity (Wildman–Crippen MR) is 80.2 cm³/mol. The molecule has 128 valence electrons. The van der Waals surface area contributed by atoms with Gasteiger partial charge in [-0.25, -0.2) is 4.98 Å². The quantitative estimate of drug-likeness (QED) is 0.933. The van der Waals surface area contributed by atoms with Gasteiger partial charge in [-0.1, -0.05) is 5.16 Å². The van der Waals surface area contributed by atoms with Gasteiger partial charge in [0, 0.05) is 13.5 Å². The average molecular weight is 340 g/mol. The highest BCUT2D eigenvalue weighted by atomic mass is 19.4. The maximum Gasteiger partial charge on any atom is 0.416 e. The van der Waals surface area contributed by atoms with Crippen LogP contribution in [0.1, 0.15) is 24.7 Å². The number of aryl methyl sites for hydroxylation is 1. The highest BCUT2D eigenvalue weighted by Gasteiger charge is 2.31. The van der Waals surface area contributed by atoms with Gasteiger partial charge in [0.15, 0.2) is 0 Å². The van der Waals surface area contributed by atoms with E-state index in [9.17, 15) is 18.0 Å². The van der Waals surface area contributed by atoms with Crippen LogP contribution in [0.25, 0.3) is 11.0 Å². The number of nitrogens with one attached hydrogen (secondary N) is 1. The van der Waals surface area contributed by atoms with E-state index in [-0.39, 0.29) is 18.0 Å². The van der Waals surface area contributed by atoms with Gasteiger partial charge in [0.05, 0.1) is 28.9 Å². The zero-order valence-electron chi connectivity index (χ0n) is 13.0. The molecule has 9 heteroatoms. The Hall–Kier alpha value is -2.58. The number of halogens is 3. The number of amides is 1. The van der Waals surface area contributed by atoms with Crippen molar-refractivity contribution < 1.29 is 22.8 Å². The molecule has 0 radical (unpaired) electrons. The third kappa shape index (κ3) is 3.06. The van der Waals surface area contributed by atoms with Crippen LogP contribution in [0.15, 0.2) is 23.4 Å². The van der Waals surface area contributed by atoms with Gasteiger partial charge in [-0.05, 0) is 25.1 Å². The molecule has 6 nitrogen and oxygen atoms in total. The number of carbonyl (C=O) groups is 1. The van der Waals surface area contributed by atoms with Gasteiger partial charge < -0.3 is 14.7 Å². The second kappa shape index (κ2) is 5.81. The molecule has 1 amide bonds. The molecule has 0 spiro atoms. The predicted octanol–water partition coefficient (Wildman–Crippen LogP) is 2.37. The summed E-state index contributed by atoms with van der Waals surface area (Å²) in [5, 5.41) is 6.37. The monoisotopic (exact) mass is 340 g/mol. The van der Waals surface area contributed by atoms with E-state index in [1.54, 1.807) is 18.5 Å². The van der Waals surface area contributed by atoms with Gasteiger partial charge in [0.25, 0.3) is 5.91 Å². The third-order valence-corrected chi connectivity index (χ3v) is 3.83. The number of rotatable bonds is 3. The summed E-state index contributed by atoms with van der Waals surface area (Å²) < 4.78 is 39.9. The van der Waals surface area contributed by atoms with Crippen LogP contribution in [0.5, 0.6) is 0 Å². The number of fused-ring (bicyclic) bond motifs is 1. The fourth-order valence-electron chi connectivity index (χ4n) is 2.50. The number of nitrogens with zero attached hydrogens (tertiary/aromatic N) is 3. The number of aromatic nitrogens is 2. The molecule has 1 N–H and O–H groups in total. The molecular formula is C15H15F3N4O2. The summed E-state index contributed by atoms with van der Waals surface area (Å²) in [5.41, 5.74) is 0.768. The summed E-state index contributed by atoms with van der Waals surface area (Å²) in [4.78, 5) is 21.1. The number of hydrogen-bond donors (Lipinski definition) is 1. The van der Waals surface area contributed by atoms with Gasteiger partial charge >= 0.3 is 6.18 Å². The average Bonchev–Trinajstić information content (AvgIpc) is 3.08. The normalized spacial score (nSPS) is 17.7. The number of imidazole rings is 1. The van der Waals surface area contributed by atoms with Crippen molar-refractivity contribution in [3.63, 3.8) is 0 Å². The first kappa shape index (κ1) is 16.3. The van der Waals surface area contributed by atoms with Crippen LogP contribution in [0, 0.1) is 0 Å². The number of hydrogen-bond acceptors (Lipinski definition) is 4. The smallest absolute Gasteiger partial charge is 0.382 e. The van der Waals surface area contributed by atoms with E-state index in [2.05, 4.69) is 15.5 Å². The van der Waals surface area contributed by atoms with E-state index < -0.39 is 17.8 Å². The topological polar surface area (TPSA) is 68.5 Å². The number of alkyl halides is 3. The molecule has 1 unspecified atom stereocenters. The highest BCUT2D eigenvalue weighted by Crippen LogP contribution is 2.31. The minimum atomic E-state index is -4.42. The SMILES string of the molecule is CC1=NOC(C(=O)NCc2nc3cc(C(F)(F)F)ccc3n2C)C1. The maximum absolute atomic E-state index is 12.8. The van der Waals surface area contributed by atoms with Crippen molar-refractivity contribution in [2.24, 2.45) is 12.2 Å². The van der Waals surface area contributed by atoms with Crippen LogP contribution >= 0.6 is 0 Å². The number of benzene rings is 1. The molecule has 1 atom stereocenters. The Morgan fingerprint density at radius 3 is 2.83 bits per heavy atom. The van der Waals surface area contributed by atoms with E-state index >= 15 is 0 Å². The molecule has 2 aromatic rings.